The fourth-order valence-electron chi connectivity index (χ4n) is 11.2. The average molecular weight is 1190 g/mol. The van der Waals surface area contributed by atoms with Gasteiger partial charge in [-0.05, 0) is 80.3 Å². The number of nitrogens with zero attached hydrogens (tertiary/aromatic N) is 6. The van der Waals surface area contributed by atoms with Gasteiger partial charge in [-0.3, -0.25) is 4.57 Å². The van der Waals surface area contributed by atoms with Crippen LogP contribution in [0.5, 0.6) is 0 Å². The lowest BCUT2D eigenvalue weighted by Crippen LogP contribution is -2.74. The Kier molecular flexibility index (Phi) is 5.40. The van der Waals surface area contributed by atoms with Gasteiger partial charge < -0.3 is 9.13 Å². The van der Waals surface area contributed by atoms with E-state index >= 15 is 0 Å². The van der Waals surface area contributed by atoms with Crippen molar-refractivity contribution >= 4 is 94.2 Å². The predicted molar refractivity (Wildman–Crippen MR) is 368 cm³/mol. The second kappa shape index (κ2) is 20.9. The van der Waals surface area contributed by atoms with E-state index in [0.717, 1.165) is 9.13 Å². The lowest BCUT2D eigenvalue weighted by atomic mass is 9.95. The number of para-hydroxylation sites is 6. The highest BCUT2D eigenvalue weighted by Gasteiger charge is 2.41. The molecule has 13 aromatic carbocycles. The lowest BCUT2D eigenvalue weighted by molar-refractivity contribution is 0.952. The summed E-state index contributed by atoms with van der Waals surface area (Å²) in [7, 11) is -6.80. The van der Waals surface area contributed by atoms with Crippen molar-refractivity contribution in [2.24, 2.45) is 0 Å². The minimum atomic E-state index is -6.80. The molecular weight excluding hydrogens is 1090 g/mol. The van der Waals surface area contributed by atoms with E-state index in [1.54, 1.807) is 0 Å². The van der Waals surface area contributed by atoms with Gasteiger partial charge in [-0.25, -0.2) is 4.98 Å². The molecule has 17 rings (SSSR count). The van der Waals surface area contributed by atoms with Gasteiger partial charge in [0.05, 0.1) is 108 Å². The van der Waals surface area contributed by atoms with Crippen molar-refractivity contribution in [1.82, 2.24) is 28.7 Å². The zero-order chi connectivity index (χ0) is 98.2. The van der Waals surface area contributed by atoms with Gasteiger partial charge in [-0.2, -0.15) is 9.97 Å². The van der Waals surface area contributed by atoms with Gasteiger partial charge in [-0.1, -0.05) is 278 Å². The molecule has 0 aliphatic carbocycles. The Morgan fingerprint density at radius 2 is 0.727 bits per heavy atom. The van der Waals surface area contributed by atoms with Crippen LogP contribution in [0.1, 0.15) is 63.1 Å². The maximum Gasteiger partial charge on any atom is 0.238 e. The molecule has 0 N–H and O–H groups in total. The summed E-state index contributed by atoms with van der Waals surface area (Å²) in [4.78, 5) is 14.7. The molecule has 0 fully saturated rings. The van der Waals surface area contributed by atoms with Crippen LogP contribution in [0, 0.1) is 0 Å². The summed E-state index contributed by atoms with van der Waals surface area (Å²) >= 11 is 0. The summed E-state index contributed by atoms with van der Waals surface area (Å²) in [5, 5.41) is -8.18. The van der Waals surface area contributed by atoms with Crippen molar-refractivity contribution in [3.8, 4) is 62.4 Å². The van der Waals surface area contributed by atoms with Crippen LogP contribution in [0.4, 0.5) is 0 Å². The molecule has 0 aliphatic heterocycles. The average Bonchev–Trinajstić information content (AvgIpc) is 1.52. The van der Waals surface area contributed by atoms with Gasteiger partial charge in [0.2, 0.25) is 5.95 Å². The van der Waals surface area contributed by atoms with Crippen LogP contribution in [0.2, 0.25) is 0 Å². The molecule has 4 heterocycles. The van der Waals surface area contributed by atoms with Crippen LogP contribution in [0.15, 0.2) is 326 Å². The quantitative estimate of drug-likeness (QED) is 0.0958. The second-order valence-electron chi connectivity index (χ2n) is 19.2. The molecule has 0 spiro atoms. The molecule has 412 valence electrons. The fraction of sp³-hybridized carbons (Fsp3) is 0. The molecule has 0 amide bonds. The van der Waals surface area contributed by atoms with E-state index in [0.29, 0.717) is 4.57 Å². The van der Waals surface area contributed by atoms with Crippen molar-refractivity contribution < 1.29 is 63.1 Å². The SMILES string of the molecule is [2H]c1c([2H])c([2H])c(-c2c([2H])c([2H])c([2H])c(-c3c([2H])c([2H])c([2H])c([2H])c3[2H])c2-n2c3ccccc3c3c4c5c([2H])c([2H])c([2H])c([2H])c5n(-c5nc(-c6ccccc6-n6c7c([2H])c([2H])c([2H])c([2H])c7c7c([2H])c([2H])c([2H])c([2H])c76)nc(-c6c([2H])c([2H])c([2H])c([Si](c7c([2H])c([2H])c([2H])c([2H])c7[2H])(c7c([2H])c([2H])c([2H])c([2H])c7[2H])c7c([2H])c([2H])c([2H])c([2H])c7[2H])c6[2H])n5)c4c([2H])c([2H])c32)c([2H])c1[2H]. The minimum absolute atomic E-state index is 0.193. The number of aromatic nitrogens is 6. The van der Waals surface area contributed by atoms with Crippen LogP contribution in [0.3, 0.4) is 0 Å². The third-order valence-electron chi connectivity index (χ3n) is 14.7. The second-order valence-corrected chi connectivity index (χ2v) is 22.7. The molecule has 17 aromatic rings. The normalized spacial score (nSPS) is 19.2. The summed E-state index contributed by atoms with van der Waals surface area (Å²) in [5.41, 5.74) is -10.4. The maximum atomic E-state index is 11.0. The van der Waals surface area contributed by atoms with Gasteiger partial charge in [0.1, 0.15) is 0 Å². The van der Waals surface area contributed by atoms with E-state index in [2.05, 4.69) is 0 Å². The molecule has 0 bridgehead atoms. The Balaban J connectivity index is 1.13. The third-order valence-corrected chi connectivity index (χ3v) is 18.7. The van der Waals surface area contributed by atoms with E-state index in [1.807, 2.05) is 0 Å². The third kappa shape index (κ3) is 7.98. The van der Waals surface area contributed by atoms with Gasteiger partial charge in [-0.15, -0.1) is 0 Å². The van der Waals surface area contributed by atoms with Gasteiger partial charge in [0.15, 0.2) is 19.7 Å². The Hall–Kier alpha value is -11.5. The lowest BCUT2D eigenvalue weighted by Gasteiger charge is -2.34. The summed E-state index contributed by atoms with van der Waals surface area (Å²) in [5.74, 6) is -3.30. The summed E-state index contributed by atoms with van der Waals surface area (Å²) in [6.07, 6.45) is 0. The number of hydrogen-bond acceptors (Lipinski definition) is 3. The van der Waals surface area contributed by atoms with E-state index in [1.165, 1.54) is 48.5 Å². The molecule has 0 aliphatic rings. The molecule has 0 atom stereocenters. The smallest absolute Gasteiger partial charge is 0.238 e. The van der Waals surface area contributed by atoms with E-state index in [4.69, 9.17) is 32.8 Å². The molecule has 0 radical (unpaired) electrons. The van der Waals surface area contributed by atoms with Crippen LogP contribution < -0.4 is 20.7 Å². The predicted octanol–water partition coefficient (Wildman–Crippen LogP) is 17.2. The highest BCUT2D eigenvalue weighted by Crippen LogP contribution is 2.46. The Bertz CT molecular complexity index is 7920. The number of rotatable bonds is 11. The topological polar surface area (TPSA) is 53.5 Å². The number of hydrogen-bond donors (Lipinski definition) is 0. The number of benzene rings is 13. The van der Waals surface area contributed by atoms with Crippen molar-refractivity contribution in [3.05, 3.63) is 326 Å². The van der Waals surface area contributed by atoms with Crippen molar-refractivity contribution in [2.75, 3.05) is 0 Å². The van der Waals surface area contributed by atoms with E-state index in [9.17, 15) is 45.2 Å². The van der Waals surface area contributed by atoms with Crippen LogP contribution >= 0.6 is 0 Å². The molecule has 0 saturated heterocycles. The minimum Gasteiger partial charge on any atom is -0.309 e. The molecule has 4 aromatic heterocycles. The first-order chi connectivity index (χ1) is 62.8. The van der Waals surface area contributed by atoms with Crippen molar-refractivity contribution in [1.29, 1.82) is 0 Å². The van der Waals surface area contributed by atoms with Crippen molar-refractivity contribution in [2.45, 2.75) is 0 Å². The standard InChI is InChI=1S/C81H54N6Si/c1-6-28-55(29-7-1)62-45-27-46-63(56-30-8-2-9-31-56)78(62)86-71-49-23-18-42-66(71)76-74(86)52-53-75-77(76)67-43-19-24-50-72(67)87(75)81-83-79(82-80(84-81)68-44-20-25-51-73(68)85-69-47-21-16-40-64(69)65-41-17-22-48-70(65)85)57-32-26-39-61(54-57)88(58-33-10-3-11-34-58,59-35-12-4-13-36-59)60-37-14-5-15-38-60/h1-54H/i1D,2D,3D,4D,5D,6D,7D,8D,9D,10D,11D,12D,13D,14D,15D,16D,17D,19D,21D,22D,24D,26D,27D,28D,29D,30D,31D,32D,33D,34D,35D,36D,37D,38D,39D,40D,41D,43D,45D,46D,47D,48D,50D,52D,53D,54D. The van der Waals surface area contributed by atoms with Crippen LogP contribution in [-0.2, 0) is 0 Å². The first-order valence-corrected chi connectivity index (χ1v) is 28.3. The summed E-state index contributed by atoms with van der Waals surface area (Å²) in [6.45, 7) is 0. The number of fused-ring (bicyclic) bond motifs is 10. The zero-order valence-electron chi connectivity index (χ0n) is 90.3. The van der Waals surface area contributed by atoms with Gasteiger partial charge >= 0.3 is 0 Å². The summed E-state index contributed by atoms with van der Waals surface area (Å²) in [6, 6.07) is -43.3. The van der Waals surface area contributed by atoms with E-state index in [-0.39, 0.29) is 10.9 Å². The first-order valence-electron chi connectivity index (χ1n) is 49.3. The highest BCUT2D eigenvalue weighted by atomic mass is 28.3. The zero-order valence-corrected chi connectivity index (χ0v) is 45.3. The molecule has 88 heavy (non-hydrogen) atoms. The highest BCUT2D eigenvalue weighted by molar-refractivity contribution is 7.19. The summed E-state index contributed by atoms with van der Waals surface area (Å²) < 4.78 is 441. The first kappa shape index (κ1) is 22.7. The fourth-order valence-corrected chi connectivity index (χ4v) is 14.7. The van der Waals surface area contributed by atoms with Crippen LogP contribution in [-0.4, -0.2) is 36.7 Å². The molecule has 0 unspecified atom stereocenters. The van der Waals surface area contributed by atoms with Gasteiger partial charge in [0, 0.05) is 54.6 Å². The maximum absolute atomic E-state index is 11.0. The van der Waals surface area contributed by atoms with Gasteiger partial charge in [0.25, 0.3) is 0 Å². The molecule has 0 saturated carbocycles. The Morgan fingerprint density at radius 1 is 0.284 bits per heavy atom. The largest absolute Gasteiger partial charge is 0.309 e. The molecule has 7 heteroatoms. The molecule has 6 nitrogen and oxygen atoms in total. The van der Waals surface area contributed by atoms with Crippen molar-refractivity contribution in [3.63, 3.8) is 0 Å². The molecular formula is C81H54N6Si. The Morgan fingerprint density at radius 3 is 1.33 bits per heavy atom. The van der Waals surface area contributed by atoms with Crippen LogP contribution in [0.25, 0.3) is 128 Å². The monoisotopic (exact) mass is 1180 g/mol. The Labute approximate surface area is 574 Å². The van der Waals surface area contributed by atoms with E-state index < -0.39 is 424 Å².